The van der Waals surface area contributed by atoms with Crippen molar-refractivity contribution in [3.8, 4) is 17.1 Å². The molecule has 0 aliphatic carbocycles. The quantitative estimate of drug-likeness (QED) is 0.253. The molecule has 5 heterocycles. The van der Waals surface area contributed by atoms with Crippen molar-refractivity contribution in [2.45, 2.75) is 20.0 Å². The lowest BCUT2D eigenvalue weighted by Crippen LogP contribution is -2.44. The lowest BCUT2D eigenvalue weighted by molar-refractivity contribution is 0.191. The normalized spacial score (nSPS) is 14.1. The van der Waals surface area contributed by atoms with Gasteiger partial charge in [-0.2, -0.15) is 0 Å². The van der Waals surface area contributed by atoms with Crippen LogP contribution in [-0.2, 0) is 13.1 Å². The molecule has 0 radical (unpaired) electrons. The zero-order valence-corrected chi connectivity index (χ0v) is 23.8. The first-order chi connectivity index (χ1) is 19.6. The van der Waals surface area contributed by atoms with E-state index in [1.165, 1.54) is 0 Å². The molecule has 0 bridgehead atoms. The molecule has 1 fully saturated rings. The summed E-state index contributed by atoms with van der Waals surface area (Å²) in [5.41, 5.74) is 4.18. The Hall–Kier alpha value is -3.64. The predicted octanol–water partition coefficient (Wildman–Crippen LogP) is 4.25. The van der Waals surface area contributed by atoms with E-state index in [1.54, 1.807) is 23.9 Å². The largest absolute Gasteiger partial charge is 0.492 e. The highest BCUT2D eigenvalue weighted by molar-refractivity contribution is 7.09. The van der Waals surface area contributed by atoms with Crippen LogP contribution < -0.4 is 15.4 Å². The number of rotatable bonds is 10. The summed E-state index contributed by atoms with van der Waals surface area (Å²) in [6.07, 6.45) is 5.16. The molecule has 40 heavy (non-hydrogen) atoms. The van der Waals surface area contributed by atoms with E-state index in [2.05, 4.69) is 48.5 Å². The molecule has 1 aliphatic heterocycles. The van der Waals surface area contributed by atoms with E-state index in [0.717, 1.165) is 60.3 Å². The van der Waals surface area contributed by atoms with Gasteiger partial charge in [-0.1, -0.05) is 11.6 Å². The van der Waals surface area contributed by atoms with E-state index >= 15 is 0 Å². The molecule has 0 amide bonds. The summed E-state index contributed by atoms with van der Waals surface area (Å²) < 4.78 is 8.09. The fourth-order valence-corrected chi connectivity index (χ4v) is 5.57. The van der Waals surface area contributed by atoms with Crippen molar-refractivity contribution in [2.24, 2.45) is 0 Å². The van der Waals surface area contributed by atoms with Gasteiger partial charge >= 0.3 is 0 Å². The number of aromatic nitrogens is 6. The van der Waals surface area contributed by atoms with Gasteiger partial charge in [-0.3, -0.25) is 9.88 Å². The zero-order valence-electron chi connectivity index (χ0n) is 22.2. The number of benzene rings is 1. The molecule has 4 aromatic heterocycles. The Kier molecular flexibility index (Phi) is 8.14. The molecule has 1 aromatic carbocycles. The Morgan fingerprint density at radius 2 is 1.98 bits per heavy atom. The van der Waals surface area contributed by atoms with Gasteiger partial charge in [-0.15, -0.1) is 11.3 Å². The van der Waals surface area contributed by atoms with Gasteiger partial charge in [0.1, 0.15) is 29.5 Å². The molecule has 1 aliphatic rings. The second-order valence-corrected chi connectivity index (χ2v) is 11.0. The van der Waals surface area contributed by atoms with Gasteiger partial charge in [0.2, 0.25) is 0 Å². The number of aryl methyl sites for hydroxylation is 1. The maximum atomic E-state index is 6.86. The lowest BCUT2D eigenvalue weighted by atomic mass is 10.2. The van der Waals surface area contributed by atoms with Gasteiger partial charge in [-0.05, 0) is 42.8 Å². The number of fused-ring (bicyclic) bond motifs is 1. The van der Waals surface area contributed by atoms with Gasteiger partial charge in [0.25, 0.3) is 0 Å². The van der Waals surface area contributed by atoms with Crippen LogP contribution in [0.25, 0.3) is 22.6 Å². The standard InChI is InChI=1S/C28H30ClN9OS/c1-19-4-5-31-20(14-19)17-38-27(36-25-26(34-18-35-28(25)38)33-16-24-32-8-13-40-24)22-3-2-21(15-23(22)29)39-12-11-37-9-6-30-7-10-37/h2-5,8,13-15,18,30H,6-7,9-12,16-17H2,1H3,(H,33,34,35). The fourth-order valence-electron chi connectivity index (χ4n) is 4.76. The Labute approximate surface area is 241 Å². The number of thiazole rings is 1. The van der Waals surface area contributed by atoms with Crippen LogP contribution in [0.1, 0.15) is 16.3 Å². The minimum absolute atomic E-state index is 0.482. The molecule has 6 rings (SSSR count). The average molecular weight is 576 g/mol. The van der Waals surface area contributed by atoms with Crippen LogP contribution in [0.2, 0.25) is 5.02 Å². The maximum absolute atomic E-state index is 6.86. The molecule has 0 saturated carbocycles. The number of piperazine rings is 1. The number of ether oxygens (including phenoxy) is 1. The highest BCUT2D eigenvalue weighted by Crippen LogP contribution is 2.34. The SMILES string of the molecule is Cc1ccnc(Cn2c(-c3ccc(OCCN4CCNCC4)cc3Cl)nc3c(NCc4nccs4)ncnc32)c1. The van der Waals surface area contributed by atoms with E-state index in [-0.39, 0.29) is 0 Å². The number of anilines is 1. The molecule has 0 unspecified atom stereocenters. The monoisotopic (exact) mass is 575 g/mol. The lowest BCUT2D eigenvalue weighted by Gasteiger charge is -2.26. The summed E-state index contributed by atoms with van der Waals surface area (Å²) >= 11 is 8.45. The third-order valence-corrected chi connectivity index (χ3v) is 7.87. The first kappa shape index (κ1) is 26.6. The van der Waals surface area contributed by atoms with Gasteiger partial charge in [0, 0.05) is 56.1 Å². The van der Waals surface area contributed by atoms with Crippen molar-refractivity contribution in [1.82, 2.24) is 39.7 Å². The number of nitrogens with one attached hydrogen (secondary N) is 2. The summed E-state index contributed by atoms with van der Waals surface area (Å²) in [6.45, 7) is 8.70. The van der Waals surface area contributed by atoms with Crippen molar-refractivity contribution >= 4 is 39.9 Å². The number of imidazole rings is 1. The topological polar surface area (TPSA) is 106 Å². The first-order valence-electron chi connectivity index (χ1n) is 13.2. The number of halogens is 1. The zero-order chi connectivity index (χ0) is 27.3. The van der Waals surface area contributed by atoms with Crippen LogP contribution in [0.15, 0.2) is 54.4 Å². The van der Waals surface area contributed by atoms with E-state index in [1.807, 2.05) is 40.4 Å². The van der Waals surface area contributed by atoms with Crippen LogP contribution in [0.3, 0.4) is 0 Å². The fraction of sp³-hybridized carbons (Fsp3) is 0.321. The minimum Gasteiger partial charge on any atom is -0.492 e. The average Bonchev–Trinajstić information content (AvgIpc) is 3.61. The first-order valence-corrected chi connectivity index (χ1v) is 14.5. The van der Waals surface area contributed by atoms with Crippen molar-refractivity contribution < 1.29 is 4.74 Å². The second kappa shape index (κ2) is 12.3. The van der Waals surface area contributed by atoms with Crippen LogP contribution in [0, 0.1) is 6.92 Å². The highest BCUT2D eigenvalue weighted by atomic mass is 35.5. The van der Waals surface area contributed by atoms with Crippen molar-refractivity contribution in [1.29, 1.82) is 0 Å². The maximum Gasteiger partial charge on any atom is 0.166 e. The summed E-state index contributed by atoms with van der Waals surface area (Å²) in [7, 11) is 0. The summed E-state index contributed by atoms with van der Waals surface area (Å²) in [5, 5.41) is 10.2. The third-order valence-electron chi connectivity index (χ3n) is 6.78. The van der Waals surface area contributed by atoms with Gasteiger partial charge < -0.3 is 19.9 Å². The summed E-state index contributed by atoms with van der Waals surface area (Å²) in [5.74, 6) is 2.06. The number of nitrogens with zero attached hydrogens (tertiary/aromatic N) is 7. The Morgan fingerprint density at radius 3 is 2.77 bits per heavy atom. The Morgan fingerprint density at radius 1 is 1.07 bits per heavy atom. The summed E-state index contributed by atoms with van der Waals surface area (Å²) in [6, 6.07) is 9.81. The number of pyridine rings is 1. The van der Waals surface area contributed by atoms with Crippen molar-refractivity contribution in [3.05, 3.63) is 75.7 Å². The van der Waals surface area contributed by atoms with E-state index in [9.17, 15) is 0 Å². The minimum atomic E-state index is 0.482. The molecule has 12 heteroatoms. The summed E-state index contributed by atoms with van der Waals surface area (Å²) in [4.78, 5) is 25.4. The molecule has 0 spiro atoms. The van der Waals surface area contributed by atoms with Gasteiger partial charge in [0.05, 0.1) is 23.8 Å². The van der Waals surface area contributed by atoms with Crippen LogP contribution in [0.5, 0.6) is 5.75 Å². The van der Waals surface area contributed by atoms with Crippen LogP contribution in [-0.4, -0.2) is 73.7 Å². The highest BCUT2D eigenvalue weighted by Gasteiger charge is 2.20. The smallest absolute Gasteiger partial charge is 0.166 e. The number of hydrogen-bond acceptors (Lipinski definition) is 10. The molecular weight excluding hydrogens is 546 g/mol. The van der Waals surface area contributed by atoms with Crippen LogP contribution in [0.4, 0.5) is 5.82 Å². The molecule has 1 saturated heterocycles. The Bertz CT molecular complexity index is 1580. The molecular formula is C28H30ClN9OS. The number of hydrogen-bond donors (Lipinski definition) is 2. The predicted molar refractivity (Wildman–Crippen MR) is 158 cm³/mol. The van der Waals surface area contributed by atoms with E-state index in [0.29, 0.717) is 47.5 Å². The molecule has 206 valence electrons. The van der Waals surface area contributed by atoms with E-state index < -0.39 is 0 Å². The molecule has 0 atom stereocenters. The molecule has 5 aromatic rings. The van der Waals surface area contributed by atoms with Crippen molar-refractivity contribution in [3.63, 3.8) is 0 Å². The van der Waals surface area contributed by atoms with Gasteiger partial charge in [-0.25, -0.2) is 19.9 Å². The third kappa shape index (κ3) is 6.07. The van der Waals surface area contributed by atoms with E-state index in [4.69, 9.17) is 21.3 Å². The van der Waals surface area contributed by atoms with Crippen LogP contribution >= 0.6 is 22.9 Å². The second-order valence-electron chi connectivity index (χ2n) is 9.60. The molecule has 10 nitrogen and oxygen atoms in total. The Balaban J connectivity index is 1.31. The van der Waals surface area contributed by atoms with Gasteiger partial charge in [0.15, 0.2) is 17.0 Å². The van der Waals surface area contributed by atoms with Crippen molar-refractivity contribution in [2.75, 3.05) is 44.6 Å². The molecule has 2 N–H and O–H groups in total.